The van der Waals surface area contributed by atoms with E-state index < -0.39 is 24.3 Å². The van der Waals surface area contributed by atoms with Crippen LogP contribution in [0.1, 0.15) is 17.2 Å². The number of benzene rings is 2. The van der Waals surface area contributed by atoms with Crippen molar-refractivity contribution in [3.8, 4) is 22.8 Å². The van der Waals surface area contributed by atoms with Crippen LogP contribution in [-0.2, 0) is 11.2 Å². The Morgan fingerprint density at radius 3 is 2.36 bits per heavy atom. The highest BCUT2D eigenvalue weighted by molar-refractivity contribution is 5.73. The van der Waals surface area contributed by atoms with Gasteiger partial charge in [0.25, 0.3) is 0 Å². The molecule has 0 saturated heterocycles. The summed E-state index contributed by atoms with van der Waals surface area (Å²) in [6.45, 7) is 0. The van der Waals surface area contributed by atoms with Crippen molar-refractivity contribution in [1.82, 2.24) is 24.7 Å². The lowest BCUT2D eigenvalue weighted by Gasteiger charge is -2.22. The maximum absolute atomic E-state index is 13.9. The van der Waals surface area contributed by atoms with E-state index in [0.29, 0.717) is 16.8 Å². The van der Waals surface area contributed by atoms with Gasteiger partial charge in [-0.2, -0.15) is 23.3 Å². The van der Waals surface area contributed by atoms with Crippen molar-refractivity contribution in [2.45, 2.75) is 24.7 Å². The zero-order chi connectivity index (χ0) is 25.9. The predicted molar refractivity (Wildman–Crippen MR) is 122 cm³/mol. The topological polar surface area (TPSA) is 155 Å². The second-order valence-corrected chi connectivity index (χ2v) is 7.77. The van der Waals surface area contributed by atoms with Crippen LogP contribution in [0.5, 0.6) is 5.88 Å². The van der Waals surface area contributed by atoms with Crippen LogP contribution in [0.15, 0.2) is 67.3 Å². The van der Waals surface area contributed by atoms with Gasteiger partial charge in [0.2, 0.25) is 17.9 Å². The molecular formula is C23H20F3N7O3. The number of halogens is 3. The summed E-state index contributed by atoms with van der Waals surface area (Å²) in [5.41, 5.74) is 13.1. The molecule has 4 rings (SSSR count). The molecule has 0 aliphatic rings. The quantitative estimate of drug-likeness (QED) is 0.332. The third-order valence-electron chi connectivity index (χ3n) is 5.16. The molecule has 0 spiro atoms. The number of aromatic nitrogens is 5. The van der Waals surface area contributed by atoms with Crippen molar-refractivity contribution in [3.63, 3.8) is 0 Å². The molecule has 2 atom stereocenters. The molecule has 2 unspecified atom stereocenters. The lowest BCUT2D eigenvalue weighted by molar-refractivity contribution is -0.198. The summed E-state index contributed by atoms with van der Waals surface area (Å²) in [7, 11) is 0. The number of rotatable bonds is 8. The highest BCUT2D eigenvalue weighted by Crippen LogP contribution is 2.37. The molecule has 2 aromatic heterocycles. The monoisotopic (exact) mass is 499 g/mol. The van der Waals surface area contributed by atoms with E-state index in [9.17, 15) is 18.0 Å². The summed E-state index contributed by atoms with van der Waals surface area (Å²) in [6.07, 6.45) is -4.22. The van der Waals surface area contributed by atoms with Crippen molar-refractivity contribution in [2.24, 2.45) is 5.73 Å². The van der Waals surface area contributed by atoms with Crippen LogP contribution in [0, 0.1) is 0 Å². The second-order valence-electron chi connectivity index (χ2n) is 7.77. The van der Waals surface area contributed by atoms with Crippen LogP contribution in [0.3, 0.4) is 0 Å². The van der Waals surface area contributed by atoms with Crippen LogP contribution in [0.25, 0.3) is 16.9 Å². The summed E-state index contributed by atoms with van der Waals surface area (Å²) in [6, 6.07) is 12.2. The van der Waals surface area contributed by atoms with E-state index in [2.05, 4.69) is 20.1 Å². The van der Waals surface area contributed by atoms with Gasteiger partial charge in [-0.1, -0.05) is 36.4 Å². The number of hydrogen-bond acceptors (Lipinski definition) is 8. The van der Waals surface area contributed by atoms with Gasteiger partial charge in [-0.25, -0.2) is 14.6 Å². The van der Waals surface area contributed by atoms with E-state index in [1.165, 1.54) is 47.7 Å². The number of hydrogen-bond donors (Lipinski definition) is 3. The van der Waals surface area contributed by atoms with Gasteiger partial charge in [0.1, 0.15) is 18.7 Å². The number of alkyl halides is 3. The standard InChI is InChI=1S/C23H20F3N7O3/c24-23(25,26)20(15-5-7-16(8-6-15)33-12-29-11-30-33)36-19-10-18(31-22(28)32-19)14-3-1-13(2-4-14)9-17(27)21(34)35/h1-8,10-12,17,20H,9,27H2,(H,34,35)(H2,28,31,32). The van der Waals surface area contributed by atoms with Gasteiger partial charge in [0.15, 0.2) is 0 Å². The van der Waals surface area contributed by atoms with Crippen molar-refractivity contribution in [2.75, 3.05) is 5.73 Å². The minimum atomic E-state index is -4.75. The number of carbonyl (C=O) groups is 1. The molecule has 0 aliphatic heterocycles. The Hall–Kier alpha value is -4.52. The molecule has 2 aromatic carbocycles. The lowest BCUT2D eigenvalue weighted by Crippen LogP contribution is -2.32. The van der Waals surface area contributed by atoms with Crippen molar-refractivity contribution in [1.29, 1.82) is 0 Å². The molecule has 0 radical (unpaired) electrons. The first-order valence-corrected chi connectivity index (χ1v) is 10.5. The zero-order valence-corrected chi connectivity index (χ0v) is 18.5. The fourth-order valence-corrected chi connectivity index (χ4v) is 3.39. The van der Waals surface area contributed by atoms with E-state index in [1.54, 1.807) is 24.3 Å². The van der Waals surface area contributed by atoms with E-state index in [-0.39, 0.29) is 29.5 Å². The number of ether oxygens (including phenoxy) is 1. The fraction of sp³-hybridized carbons (Fsp3) is 0.174. The summed E-state index contributed by atoms with van der Waals surface area (Å²) >= 11 is 0. The number of nitrogens with zero attached hydrogens (tertiary/aromatic N) is 5. The molecule has 0 aliphatic carbocycles. The van der Waals surface area contributed by atoms with Crippen LogP contribution in [-0.4, -0.2) is 48.0 Å². The first-order valence-electron chi connectivity index (χ1n) is 10.5. The van der Waals surface area contributed by atoms with E-state index >= 15 is 0 Å². The number of aliphatic carboxylic acids is 1. The Bertz CT molecular complexity index is 1330. The molecule has 2 heterocycles. The van der Waals surface area contributed by atoms with Crippen molar-refractivity contribution >= 4 is 11.9 Å². The van der Waals surface area contributed by atoms with Gasteiger partial charge in [-0.3, -0.25) is 4.79 Å². The van der Waals surface area contributed by atoms with E-state index in [0.717, 1.165) is 0 Å². The number of nitrogens with two attached hydrogens (primary N) is 2. The van der Waals surface area contributed by atoms with Crippen LogP contribution >= 0.6 is 0 Å². The summed E-state index contributed by atoms with van der Waals surface area (Å²) in [5.74, 6) is -1.77. The van der Waals surface area contributed by atoms with Gasteiger partial charge < -0.3 is 21.3 Å². The zero-order valence-electron chi connectivity index (χ0n) is 18.5. The maximum Gasteiger partial charge on any atom is 0.429 e. The lowest BCUT2D eigenvalue weighted by atomic mass is 10.0. The third-order valence-corrected chi connectivity index (χ3v) is 5.16. The van der Waals surface area contributed by atoms with Crippen molar-refractivity contribution in [3.05, 3.63) is 78.4 Å². The Morgan fingerprint density at radius 2 is 1.78 bits per heavy atom. The van der Waals surface area contributed by atoms with Crippen molar-refractivity contribution < 1.29 is 27.8 Å². The average molecular weight is 499 g/mol. The number of carboxylic acids is 1. The van der Waals surface area contributed by atoms with E-state index in [1.807, 2.05) is 0 Å². The Morgan fingerprint density at radius 1 is 1.08 bits per heavy atom. The highest BCUT2D eigenvalue weighted by atomic mass is 19.4. The summed E-state index contributed by atoms with van der Waals surface area (Å²) in [5, 5.41) is 12.9. The van der Waals surface area contributed by atoms with Crippen LogP contribution in [0.2, 0.25) is 0 Å². The summed E-state index contributed by atoms with van der Waals surface area (Å²) in [4.78, 5) is 22.6. The van der Waals surface area contributed by atoms with Gasteiger partial charge in [-0.05, 0) is 24.1 Å². The Balaban J connectivity index is 1.58. The summed E-state index contributed by atoms with van der Waals surface area (Å²) < 4.78 is 48.4. The van der Waals surface area contributed by atoms with Gasteiger partial charge in [0, 0.05) is 17.2 Å². The molecule has 0 bridgehead atoms. The first-order chi connectivity index (χ1) is 17.1. The Labute approximate surface area is 202 Å². The predicted octanol–water partition coefficient (Wildman–Crippen LogP) is 2.94. The van der Waals surface area contributed by atoms with Gasteiger partial charge >= 0.3 is 12.1 Å². The first kappa shape index (κ1) is 24.6. The SMILES string of the molecule is Nc1nc(OC(c2ccc(-n3cncn3)cc2)C(F)(F)F)cc(-c2ccc(CC(N)C(=O)O)cc2)n1. The molecule has 4 aromatic rings. The minimum Gasteiger partial charge on any atom is -0.480 e. The largest absolute Gasteiger partial charge is 0.480 e. The number of carboxylic acid groups (broad SMARTS) is 1. The molecule has 36 heavy (non-hydrogen) atoms. The molecule has 5 N–H and O–H groups in total. The number of nitrogen functional groups attached to an aromatic ring is 1. The third kappa shape index (κ3) is 5.75. The molecule has 0 fully saturated rings. The molecule has 10 nitrogen and oxygen atoms in total. The van der Waals surface area contributed by atoms with Gasteiger partial charge in [-0.15, -0.1) is 0 Å². The average Bonchev–Trinajstić information content (AvgIpc) is 3.37. The van der Waals surface area contributed by atoms with Gasteiger partial charge in [0.05, 0.1) is 11.4 Å². The highest BCUT2D eigenvalue weighted by Gasteiger charge is 2.43. The van der Waals surface area contributed by atoms with E-state index in [4.69, 9.17) is 21.3 Å². The molecule has 0 amide bonds. The maximum atomic E-state index is 13.9. The Kier molecular flexibility index (Phi) is 6.83. The van der Waals surface area contributed by atoms with Crippen LogP contribution in [0.4, 0.5) is 19.1 Å². The molecule has 13 heteroatoms. The molecule has 186 valence electrons. The van der Waals surface area contributed by atoms with Crippen LogP contribution < -0.4 is 16.2 Å². The second kappa shape index (κ2) is 10.00. The minimum absolute atomic E-state index is 0.110. The normalized spacial score (nSPS) is 13.2. The number of anilines is 1. The smallest absolute Gasteiger partial charge is 0.429 e. The fourth-order valence-electron chi connectivity index (χ4n) is 3.39. The molecular weight excluding hydrogens is 479 g/mol. The molecule has 0 saturated carbocycles.